The first kappa shape index (κ1) is 14.4. The van der Waals surface area contributed by atoms with Gasteiger partial charge in [-0.15, -0.1) is 0 Å². The summed E-state index contributed by atoms with van der Waals surface area (Å²) in [6.07, 6.45) is 0. The van der Waals surface area contributed by atoms with E-state index in [-0.39, 0.29) is 5.82 Å². The molecule has 0 atom stereocenters. The fourth-order valence-electron chi connectivity index (χ4n) is 1.95. The van der Waals surface area contributed by atoms with Gasteiger partial charge in [0.15, 0.2) is 5.82 Å². The lowest BCUT2D eigenvalue weighted by Gasteiger charge is -2.11. The van der Waals surface area contributed by atoms with Crippen LogP contribution in [-0.2, 0) is 0 Å². The Morgan fingerprint density at radius 1 is 1.20 bits per heavy atom. The second-order valence-corrected chi connectivity index (χ2v) is 5.15. The highest BCUT2D eigenvalue weighted by atomic mass is 19.1. The number of aromatic nitrogens is 2. The quantitative estimate of drug-likeness (QED) is 0.909. The molecule has 0 fully saturated rings. The summed E-state index contributed by atoms with van der Waals surface area (Å²) >= 11 is 0. The molecule has 0 spiro atoms. The SMILES string of the molecule is CCNc1cc(C(C)C)nc(-c2ccc(F)c(C)c2)n1. The average molecular weight is 273 g/mol. The number of hydrogen-bond acceptors (Lipinski definition) is 3. The van der Waals surface area contributed by atoms with Crippen molar-refractivity contribution in [1.29, 1.82) is 0 Å². The minimum Gasteiger partial charge on any atom is -0.370 e. The number of hydrogen-bond donors (Lipinski definition) is 1. The summed E-state index contributed by atoms with van der Waals surface area (Å²) in [5, 5.41) is 3.21. The van der Waals surface area contributed by atoms with Crippen LogP contribution in [0, 0.1) is 12.7 Å². The van der Waals surface area contributed by atoms with Crippen LogP contribution in [0.4, 0.5) is 10.2 Å². The first-order valence-electron chi connectivity index (χ1n) is 6.90. The van der Waals surface area contributed by atoms with Crippen LogP contribution in [0.3, 0.4) is 0 Å². The lowest BCUT2D eigenvalue weighted by molar-refractivity contribution is 0.618. The van der Waals surface area contributed by atoms with Crippen LogP contribution in [0.15, 0.2) is 24.3 Å². The summed E-state index contributed by atoms with van der Waals surface area (Å²) < 4.78 is 13.4. The van der Waals surface area contributed by atoms with Gasteiger partial charge in [-0.2, -0.15) is 0 Å². The molecule has 1 aromatic carbocycles. The maximum atomic E-state index is 13.4. The summed E-state index contributed by atoms with van der Waals surface area (Å²) in [6, 6.07) is 6.93. The Labute approximate surface area is 119 Å². The Hall–Kier alpha value is -1.97. The van der Waals surface area contributed by atoms with Crippen LogP contribution >= 0.6 is 0 Å². The molecule has 0 aliphatic heterocycles. The van der Waals surface area contributed by atoms with E-state index in [0.717, 1.165) is 23.6 Å². The molecule has 0 amide bonds. The van der Waals surface area contributed by atoms with Crippen LogP contribution in [0.25, 0.3) is 11.4 Å². The summed E-state index contributed by atoms with van der Waals surface area (Å²) in [5.74, 6) is 1.55. The number of anilines is 1. The lowest BCUT2D eigenvalue weighted by atomic mass is 10.1. The van der Waals surface area contributed by atoms with E-state index in [1.807, 2.05) is 13.0 Å². The number of benzene rings is 1. The third kappa shape index (κ3) is 3.13. The van der Waals surface area contributed by atoms with E-state index in [1.165, 1.54) is 6.07 Å². The fourth-order valence-corrected chi connectivity index (χ4v) is 1.95. The van der Waals surface area contributed by atoms with Gasteiger partial charge in [-0.1, -0.05) is 13.8 Å². The second kappa shape index (κ2) is 5.99. The van der Waals surface area contributed by atoms with E-state index in [0.29, 0.717) is 17.3 Å². The van der Waals surface area contributed by atoms with Crippen LogP contribution < -0.4 is 5.32 Å². The molecule has 3 nitrogen and oxygen atoms in total. The molecule has 0 bridgehead atoms. The van der Waals surface area contributed by atoms with Gasteiger partial charge in [0.25, 0.3) is 0 Å². The zero-order valence-electron chi connectivity index (χ0n) is 12.4. The maximum Gasteiger partial charge on any atom is 0.161 e. The Morgan fingerprint density at radius 3 is 2.55 bits per heavy atom. The van der Waals surface area contributed by atoms with Gasteiger partial charge >= 0.3 is 0 Å². The molecule has 2 rings (SSSR count). The number of nitrogens with zero attached hydrogens (tertiary/aromatic N) is 2. The molecule has 0 saturated heterocycles. The second-order valence-electron chi connectivity index (χ2n) is 5.15. The molecule has 0 saturated carbocycles. The summed E-state index contributed by atoms with van der Waals surface area (Å²) in [4.78, 5) is 9.08. The summed E-state index contributed by atoms with van der Waals surface area (Å²) in [5.41, 5.74) is 2.42. The van der Waals surface area contributed by atoms with E-state index in [9.17, 15) is 4.39 Å². The smallest absolute Gasteiger partial charge is 0.161 e. The van der Waals surface area contributed by atoms with Crippen LogP contribution in [-0.4, -0.2) is 16.5 Å². The highest BCUT2D eigenvalue weighted by molar-refractivity contribution is 5.59. The molecule has 0 radical (unpaired) electrons. The standard InChI is InChI=1S/C16H20FN3/c1-5-18-15-9-14(10(2)3)19-16(20-15)12-6-7-13(17)11(4)8-12/h6-10H,5H2,1-4H3,(H,18,19,20). The lowest BCUT2D eigenvalue weighted by Crippen LogP contribution is -2.05. The molecule has 0 aliphatic rings. The summed E-state index contributed by atoms with van der Waals surface area (Å²) in [6.45, 7) is 8.77. The van der Waals surface area contributed by atoms with Crippen molar-refractivity contribution < 1.29 is 4.39 Å². The molecule has 0 aliphatic carbocycles. The highest BCUT2D eigenvalue weighted by Gasteiger charge is 2.10. The minimum absolute atomic E-state index is 0.208. The molecule has 1 aromatic heterocycles. The number of aryl methyl sites for hydroxylation is 1. The van der Waals surface area contributed by atoms with Crippen molar-refractivity contribution in [3.8, 4) is 11.4 Å². The monoisotopic (exact) mass is 273 g/mol. The maximum absolute atomic E-state index is 13.4. The first-order chi connectivity index (χ1) is 9.51. The van der Waals surface area contributed by atoms with E-state index in [2.05, 4.69) is 29.1 Å². The Kier molecular flexibility index (Phi) is 4.32. The van der Waals surface area contributed by atoms with Crippen molar-refractivity contribution in [1.82, 2.24) is 9.97 Å². The predicted octanol–water partition coefficient (Wildman–Crippen LogP) is 4.15. The molecule has 0 unspecified atom stereocenters. The largest absolute Gasteiger partial charge is 0.370 e. The Bertz CT molecular complexity index is 609. The number of rotatable bonds is 4. The normalized spacial score (nSPS) is 10.9. The van der Waals surface area contributed by atoms with Crippen LogP contribution in [0.5, 0.6) is 0 Å². The summed E-state index contributed by atoms with van der Waals surface area (Å²) in [7, 11) is 0. The first-order valence-corrected chi connectivity index (χ1v) is 6.90. The van der Waals surface area contributed by atoms with Gasteiger partial charge in [-0.3, -0.25) is 0 Å². The Balaban J connectivity index is 2.51. The molecule has 1 N–H and O–H groups in total. The third-order valence-electron chi connectivity index (χ3n) is 3.11. The topological polar surface area (TPSA) is 37.8 Å². The van der Waals surface area contributed by atoms with E-state index < -0.39 is 0 Å². The third-order valence-corrected chi connectivity index (χ3v) is 3.11. The van der Waals surface area contributed by atoms with Gasteiger partial charge < -0.3 is 5.32 Å². The molecule has 2 aromatic rings. The average Bonchev–Trinajstić information content (AvgIpc) is 2.42. The predicted molar refractivity (Wildman–Crippen MR) is 80.4 cm³/mol. The van der Waals surface area contributed by atoms with Gasteiger partial charge in [0.2, 0.25) is 0 Å². The molecular weight excluding hydrogens is 253 g/mol. The van der Waals surface area contributed by atoms with E-state index >= 15 is 0 Å². The van der Waals surface area contributed by atoms with Crippen molar-refractivity contribution in [2.75, 3.05) is 11.9 Å². The van der Waals surface area contributed by atoms with Gasteiger partial charge in [-0.05, 0) is 43.5 Å². The molecule has 20 heavy (non-hydrogen) atoms. The van der Waals surface area contributed by atoms with Crippen molar-refractivity contribution >= 4 is 5.82 Å². The molecule has 1 heterocycles. The van der Waals surface area contributed by atoms with Crippen molar-refractivity contribution in [3.63, 3.8) is 0 Å². The van der Waals surface area contributed by atoms with Crippen molar-refractivity contribution in [2.45, 2.75) is 33.6 Å². The van der Waals surface area contributed by atoms with E-state index in [1.54, 1.807) is 19.1 Å². The number of halogens is 1. The van der Waals surface area contributed by atoms with Gasteiger partial charge in [-0.25, -0.2) is 14.4 Å². The van der Waals surface area contributed by atoms with Gasteiger partial charge in [0, 0.05) is 23.9 Å². The Morgan fingerprint density at radius 2 is 1.95 bits per heavy atom. The molecule has 106 valence electrons. The molecular formula is C16H20FN3. The van der Waals surface area contributed by atoms with Crippen LogP contribution in [0.2, 0.25) is 0 Å². The van der Waals surface area contributed by atoms with Crippen LogP contribution in [0.1, 0.15) is 37.9 Å². The van der Waals surface area contributed by atoms with E-state index in [4.69, 9.17) is 0 Å². The zero-order chi connectivity index (χ0) is 14.7. The zero-order valence-corrected chi connectivity index (χ0v) is 12.4. The van der Waals surface area contributed by atoms with Crippen molar-refractivity contribution in [3.05, 3.63) is 41.3 Å². The molecule has 4 heteroatoms. The van der Waals surface area contributed by atoms with Gasteiger partial charge in [0.1, 0.15) is 11.6 Å². The fraction of sp³-hybridized carbons (Fsp3) is 0.375. The highest BCUT2D eigenvalue weighted by Crippen LogP contribution is 2.23. The minimum atomic E-state index is -0.208. The number of nitrogens with one attached hydrogen (secondary N) is 1. The van der Waals surface area contributed by atoms with Gasteiger partial charge in [0.05, 0.1) is 0 Å². The van der Waals surface area contributed by atoms with Crippen molar-refractivity contribution in [2.24, 2.45) is 0 Å².